The molecule has 0 radical (unpaired) electrons. The number of imidazole rings is 1. The van der Waals surface area contributed by atoms with Crippen molar-refractivity contribution in [2.45, 2.75) is 25.8 Å². The predicted molar refractivity (Wildman–Crippen MR) is 103 cm³/mol. The molecule has 0 unspecified atom stereocenters. The first-order valence-corrected chi connectivity index (χ1v) is 9.08. The summed E-state index contributed by atoms with van der Waals surface area (Å²) in [7, 11) is 0. The third-order valence-electron chi connectivity index (χ3n) is 5.10. The van der Waals surface area contributed by atoms with Crippen LogP contribution in [0.25, 0.3) is 11.2 Å². The summed E-state index contributed by atoms with van der Waals surface area (Å²) in [6, 6.07) is 10.5. The Hall–Kier alpha value is -3.42. The molecular formula is C19H20N8. The highest BCUT2D eigenvalue weighted by Crippen LogP contribution is 2.28. The standard InChI is InChI=1S/C19H20N8/c20-19-23-17-16(21-11-22-17)18(24-19)27-9-8-15-13(10-27)14(25-26-15)7-6-12-4-2-1-3-5-12/h1-5,11H,6-10H2,(H,25,26)(H3,20,21,22,23,24). The Bertz CT molecular complexity index is 1080. The number of hydrogen-bond donors (Lipinski definition) is 3. The average Bonchev–Trinajstić information content (AvgIpc) is 3.32. The number of hydrogen-bond acceptors (Lipinski definition) is 6. The second kappa shape index (κ2) is 6.39. The van der Waals surface area contributed by atoms with Gasteiger partial charge in [0.15, 0.2) is 11.5 Å². The maximum absolute atomic E-state index is 5.89. The van der Waals surface area contributed by atoms with Gasteiger partial charge in [-0.15, -0.1) is 0 Å². The number of rotatable bonds is 4. The molecule has 0 spiro atoms. The molecule has 1 aliphatic rings. The minimum Gasteiger partial charge on any atom is -0.368 e. The minimum atomic E-state index is 0.242. The Morgan fingerprint density at radius 3 is 2.89 bits per heavy atom. The van der Waals surface area contributed by atoms with Crippen molar-refractivity contribution in [3.63, 3.8) is 0 Å². The number of aryl methyl sites for hydroxylation is 2. The molecule has 136 valence electrons. The third kappa shape index (κ3) is 2.88. The molecule has 4 N–H and O–H groups in total. The van der Waals surface area contributed by atoms with Gasteiger partial charge in [-0.2, -0.15) is 15.1 Å². The van der Waals surface area contributed by atoms with Crippen molar-refractivity contribution in [3.8, 4) is 0 Å². The first-order chi connectivity index (χ1) is 13.3. The fraction of sp³-hybridized carbons (Fsp3) is 0.263. The molecule has 0 saturated heterocycles. The molecule has 1 aromatic carbocycles. The Labute approximate surface area is 155 Å². The van der Waals surface area contributed by atoms with Gasteiger partial charge >= 0.3 is 0 Å². The normalized spacial score (nSPS) is 13.9. The zero-order chi connectivity index (χ0) is 18.2. The van der Waals surface area contributed by atoms with Crippen LogP contribution in [0.4, 0.5) is 11.8 Å². The number of nitrogens with one attached hydrogen (secondary N) is 2. The van der Waals surface area contributed by atoms with E-state index in [0.29, 0.717) is 5.65 Å². The number of nitrogens with zero attached hydrogens (tertiary/aromatic N) is 5. The Balaban J connectivity index is 1.42. The van der Waals surface area contributed by atoms with Crippen LogP contribution in [-0.4, -0.2) is 36.7 Å². The van der Waals surface area contributed by atoms with Gasteiger partial charge in [-0.05, 0) is 18.4 Å². The number of aromatic amines is 2. The highest BCUT2D eigenvalue weighted by molar-refractivity contribution is 5.84. The van der Waals surface area contributed by atoms with Crippen molar-refractivity contribution < 1.29 is 0 Å². The van der Waals surface area contributed by atoms with Crippen LogP contribution in [0.5, 0.6) is 0 Å². The number of nitrogens with two attached hydrogens (primary N) is 1. The summed E-state index contributed by atoms with van der Waals surface area (Å²) in [5, 5.41) is 7.81. The summed E-state index contributed by atoms with van der Waals surface area (Å²) in [6.45, 7) is 1.60. The van der Waals surface area contributed by atoms with Gasteiger partial charge in [0.25, 0.3) is 0 Å². The van der Waals surface area contributed by atoms with Crippen molar-refractivity contribution >= 4 is 22.9 Å². The Kier molecular flexibility index (Phi) is 3.74. The molecule has 0 fully saturated rings. The SMILES string of the molecule is Nc1nc(N2CCc3[nH]nc(CCc4ccccc4)c3C2)c2[nH]cnc2n1. The molecule has 8 nitrogen and oxygen atoms in total. The number of anilines is 2. The highest BCUT2D eigenvalue weighted by Gasteiger charge is 2.25. The average molecular weight is 360 g/mol. The van der Waals surface area contributed by atoms with Crippen molar-refractivity contribution in [3.05, 3.63) is 59.2 Å². The summed E-state index contributed by atoms with van der Waals surface area (Å²) >= 11 is 0. The summed E-state index contributed by atoms with van der Waals surface area (Å²) in [5.74, 6) is 1.04. The van der Waals surface area contributed by atoms with E-state index in [1.54, 1.807) is 6.33 Å². The lowest BCUT2D eigenvalue weighted by Gasteiger charge is -2.28. The molecule has 8 heteroatoms. The van der Waals surface area contributed by atoms with Gasteiger partial charge in [0, 0.05) is 30.8 Å². The maximum Gasteiger partial charge on any atom is 0.224 e. The first-order valence-electron chi connectivity index (χ1n) is 9.08. The van der Waals surface area contributed by atoms with Crippen molar-refractivity contribution in [2.75, 3.05) is 17.2 Å². The number of aromatic nitrogens is 6. The molecule has 0 amide bonds. The van der Waals surface area contributed by atoms with Crippen molar-refractivity contribution in [1.82, 2.24) is 30.1 Å². The predicted octanol–water partition coefficient (Wildman–Crippen LogP) is 2.01. The fourth-order valence-corrected chi connectivity index (χ4v) is 3.71. The van der Waals surface area contributed by atoms with E-state index in [1.807, 2.05) is 6.07 Å². The van der Waals surface area contributed by atoms with Crippen molar-refractivity contribution in [2.24, 2.45) is 0 Å². The fourth-order valence-electron chi connectivity index (χ4n) is 3.71. The van der Waals surface area contributed by atoms with E-state index >= 15 is 0 Å². The smallest absolute Gasteiger partial charge is 0.224 e. The number of H-pyrrole nitrogens is 2. The van der Waals surface area contributed by atoms with Crippen LogP contribution in [0.1, 0.15) is 22.5 Å². The topological polar surface area (TPSA) is 112 Å². The highest BCUT2D eigenvalue weighted by atomic mass is 15.2. The lowest BCUT2D eigenvalue weighted by atomic mass is 10.0. The molecule has 0 aliphatic carbocycles. The van der Waals surface area contributed by atoms with Gasteiger partial charge in [-0.1, -0.05) is 30.3 Å². The molecule has 0 atom stereocenters. The molecule has 4 heterocycles. The molecule has 0 bridgehead atoms. The van der Waals surface area contributed by atoms with Crippen LogP contribution in [0.15, 0.2) is 36.7 Å². The quantitative estimate of drug-likeness (QED) is 0.513. The second-order valence-electron chi connectivity index (χ2n) is 6.79. The van der Waals surface area contributed by atoms with Gasteiger partial charge in [0.2, 0.25) is 5.95 Å². The van der Waals surface area contributed by atoms with Crippen LogP contribution in [-0.2, 0) is 25.8 Å². The Morgan fingerprint density at radius 1 is 1.11 bits per heavy atom. The van der Waals surface area contributed by atoms with Crippen LogP contribution in [0.3, 0.4) is 0 Å². The second-order valence-corrected chi connectivity index (χ2v) is 6.79. The minimum absolute atomic E-state index is 0.242. The summed E-state index contributed by atoms with van der Waals surface area (Å²) in [5.41, 5.74) is 12.2. The van der Waals surface area contributed by atoms with Gasteiger partial charge in [-0.25, -0.2) is 4.98 Å². The van der Waals surface area contributed by atoms with E-state index in [9.17, 15) is 0 Å². The maximum atomic E-state index is 5.89. The van der Waals surface area contributed by atoms with Crippen LogP contribution >= 0.6 is 0 Å². The van der Waals surface area contributed by atoms with Crippen molar-refractivity contribution in [1.29, 1.82) is 0 Å². The zero-order valence-electron chi connectivity index (χ0n) is 14.8. The summed E-state index contributed by atoms with van der Waals surface area (Å²) in [6.07, 6.45) is 4.41. The Morgan fingerprint density at radius 2 is 2.00 bits per heavy atom. The third-order valence-corrected chi connectivity index (χ3v) is 5.10. The van der Waals surface area contributed by atoms with Crippen LogP contribution < -0.4 is 10.6 Å². The molecule has 27 heavy (non-hydrogen) atoms. The van der Waals surface area contributed by atoms with Crippen LogP contribution in [0, 0.1) is 0 Å². The number of nitrogen functional groups attached to an aromatic ring is 1. The molecular weight excluding hydrogens is 340 g/mol. The molecule has 1 aliphatic heterocycles. The van der Waals surface area contributed by atoms with Crippen LogP contribution in [0.2, 0.25) is 0 Å². The lowest BCUT2D eigenvalue weighted by Crippen LogP contribution is -2.31. The van der Waals surface area contributed by atoms with E-state index in [0.717, 1.165) is 49.4 Å². The molecule has 5 rings (SSSR count). The lowest BCUT2D eigenvalue weighted by molar-refractivity contribution is 0.708. The van der Waals surface area contributed by atoms with Gasteiger partial charge in [0.1, 0.15) is 5.52 Å². The van der Waals surface area contributed by atoms with E-state index in [2.05, 4.69) is 59.3 Å². The summed E-state index contributed by atoms with van der Waals surface area (Å²) in [4.78, 5) is 18.2. The van der Waals surface area contributed by atoms with Gasteiger partial charge in [-0.3, -0.25) is 5.10 Å². The van der Waals surface area contributed by atoms with E-state index < -0.39 is 0 Å². The largest absolute Gasteiger partial charge is 0.368 e. The monoisotopic (exact) mass is 360 g/mol. The molecule has 0 saturated carbocycles. The van der Waals surface area contributed by atoms with E-state index in [4.69, 9.17) is 5.73 Å². The first kappa shape index (κ1) is 15.8. The van der Waals surface area contributed by atoms with E-state index in [1.165, 1.54) is 16.8 Å². The van der Waals surface area contributed by atoms with E-state index in [-0.39, 0.29) is 5.95 Å². The van der Waals surface area contributed by atoms with Gasteiger partial charge in [0.05, 0.1) is 12.0 Å². The van der Waals surface area contributed by atoms with Gasteiger partial charge < -0.3 is 15.6 Å². The zero-order valence-corrected chi connectivity index (χ0v) is 14.8. The summed E-state index contributed by atoms with van der Waals surface area (Å²) < 4.78 is 0. The number of fused-ring (bicyclic) bond motifs is 2. The number of benzene rings is 1. The molecule has 4 aromatic rings. The molecule has 3 aromatic heterocycles.